The van der Waals surface area contributed by atoms with Gasteiger partial charge in [-0.25, -0.2) is 0 Å². The summed E-state index contributed by atoms with van der Waals surface area (Å²) < 4.78 is 0. The number of nitrogens with zero attached hydrogens (tertiary/aromatic N) is 2. The Hall–Kier alpha value is -1.06. The van der Waals surface area contributed by atoms with Gasteiger partial charge in [0.2, 0.25) is 11.8 Å². The summed E-state index contributed by atoms with van der Waals surface area (Å²) in [5.74, 6) is 2.90. The van der Waals surface area contributed by atoms with Crippen molar-refractivity contribution in [3.05, 3.63) is 0 Å². The summed E-state index contributed by atoms with van der Waals surface area (Å²) in [6.45, 7) is 0.801. The first-order valence-corrected chi connectivity index (χ1v) is 10.1. The quantitative estimate of drug-likeness (QED) is 0.798. The molecule has 1 atom stereocenters. The Morgan fingerprint density at radius 2 is 1.54 bits per heavy atom. The SMILES string of the molecule is CN(C(=O)C1CCCN1C(=O)C12CC3CC(CC(C3)C1)C2)C1CC1. The Labute approximate surface area is 144 Å². The Bertz CT molecular complexity index is 533. The largest absolute Gasteiger partial charge is 0.341 e. The van der Waals surface area contributed by atoms with E-state index in [2.05, 4.69) is 0 Å². The molecule has 4 nitrogen and oxygen atoms in total. The summed E-state index contributed by atoms with van der Waals surface area (Å²) in [7, 11) is 1.94. The average molecular weight is 330 g/mol. The maximum atomic E-state index is 13.6. The van der Waals surface area contributed by atoms with Crippen LogP contribution in [-0.4, -0.2) is 47.3 Å². The summed E-state index contributed by atoms with van der Waals surface area (Å²) in [6.07, 6.45) is 11.5. The second kappa shape index (κ2) is 5.22. The van der Waals surface area contributed by atoms with E-state index < -0.39 is 0 Å². The molecule has 0 radical (unpaired) electrons. The lowest BCUT2D eigenvalue weighted by atomic mass is 9.49. The lowest BCUT2D eigenvalue weighted by Crippen LogP contribution is -2.57. The van der Waals surface area contributed by atoms with Gasteiger partial charge in [0.25, 0.3) is 0 Å². The van der Waals surface area contributed by atoms with Gasteiger partial charge in [0.15, 0.2) is 0 Å². The molecule has 0 aromatic heterocycles. The Kier molecular flexibility index (Phi) is 3.31. The summed E-state index contributed by atoms with van der Waals surface area (Å²) >= 11 is 0. The number of carbonyl (C=O) groups excluding carboxylic acids is 2. The molecule has 0 aromatic rings. The minimum atomic E-state index is -0.170. The Morgan fingerprint density at radius 1 is 0.958 bits per heavy atom. The molecule has 5 aliphatic carbocycles. The summed E-state index contributed by atoms with van der Waals surface area (Å²) in [4.78, 5) is 30.4. The van der Waals surface area contributed by atoms with E-state index in [1.807, 2.05) is 16.8 Å². The number of rotatable bonds is 3. The minimum Gasteiger partial charge on any atom is -0.341 e. The third-order valence-corrected chi connectivity index (χ3v) is 7.73. The van der Waals surface area contributed by atoms with E-state index in [9.17, 15) is 9.59 Å². The summed E-state index contributed by atoms with van der Waals surface area (Å²) in [5, 5.41) is 0. The fourth-order valence-electron chi connectivity index (χ4n) is 6.82. The van der Waals surface area contributed by atoms with E-state index in [0.29, 0.717) is 11.9 Å². The molecule has 4 bridgehead atoms. The van der Waals surface area contributed by atoms with Crippen LogP contribution in [-0.2, 0) is 9.59 Å². The van der Waals surface area contributed by atoms with Crippen molar-refractivity contribution in [1.82, 2.24) is 9.80 Å². The van der Waals surface area contributed by atoms with Gasteiger partial charge in [0.1, 0.15) is 6.04 Å². The van der Waals surface area contributed by atoms with Gasteiger partial charge in [-0.2, -0.15) is 0 Å². The van der Waals surface area contributed by atoms with Crippen molar-refractivity contribution >= 4 is 11.8 Å². The number of carbonyl (C=O) groups is 2. The fourth-order valence-corrected chi connectivity index (χ4v) is 6.82. The topological polar surface area (TPSA) is 40.6 Å². The van der Waals surface area contributed by atoms with Gasteiger partial charge in [0.05, 0.1) is 5.41 Å². The molecule has 1 heterocycles. The summed E-state index contributed by atoms with van der Waals surface area (Å²) in [6, 6.07) is 0.269. The molecule has 0 aromatic carbocycles. The molecule has 4 heteroatoms. The van der Waals surface area contributed by atoms with Gasteiger partial charge in [-0.3, -0.25) is 9.59 Å². The third kappa shape index (κ3) is 2.24. The van der Waals surface area contributed by atoms with Gasteiger partial charge >= 0.3 is 0 Å². The maximum Gasteiger partial charge on any atom is 0.245 e. The molecule has 132 valence electrons. The van der Waals surface area contributed by atoms with Gasteiger partial charge in [-0.15, -0.1) is 0 Å². The van der Waals surface area contributed by atoms with Crippen LogP contribution < -0.4 is 0 Å². The summed E-state index contributed by atoms with van der Waals surface area (Å²) in [5.41, 5.74) is -0.101. The molecule has 0 N–H and O–H groups in total. The van der Waals surface area contributed by atoms with Crippen LogP contribution >= 0.6 is 0 Å². The zero-order valence-electron chi connectivity index (χ0n) is 14.9. The van der Waals surface area contributed by atoms with E-state index in [1.54, 1.807) is 0 Å². The smallest absolute Gasteiger partial charge is 0.245 e. The highest BCUT2D eigenvalue weighted by atomic mass is 16.2. The van der Waals surface area contributed by atoms with E-state index in [1.165, 1.54) is 19.3 Å². The molecular formula is C20H30N2O2. The molecule has 0 spiro atoms. The van der Waals surface area contributed by atoms with Crippen molar-refractivity contribution in [1.29, 1.82) is 0 Å². The number of likely N-dealkylation sites (N-methyl/N-ethyl adjacent to an activating group) is 1. The molecule has 6 rings (SSSR count). The third-order valence-electron chi connectivity index (χ3n) is 7.73. The van der Waals surface area contributed by atoms with Gasteiger partial charge < -0.3 is 9.80 Å². The van der Waals surface area contributed by atoms with Crippen LogP contribution in [0.5, 0.6) is 0 Å². The molecular weight excluding hydrogens is 300 g/mol. The predicted molar refractivity (Wildman–Crippen MR) is 91.1 cm³/mol. The number of amides is 2. The Balaban J connectivity index is 1.37. The molecule has 6 fully saturated rings. The van der Waals surface area contributed by atoms with Crippen LogP contribution in [0.25, 0.3) is 0 Å². The minimum absolute atomic E-state index is 0.101. The molecule has 1 aliphatic heterocycles. The van der Waals surface area contributed by atoms with Gasteiger partial charge in [-0.05, 0) is 82.0 Å². The standard InChI is InChI=1S/C20H30N2O2/c1-21(16-4-5-16)18(23)17-3-2-6-22(17)19(24)20-10-13-7-14(11-20)9-15(8-13)12-20/h13-17H,2-12H2,1H3. The van der Waals surface area contributed by atoms with E-state index in [0.717, 1.165) is 69.2 Å². The second-order valence-electron chi connectivity index (χ2n) is 9.53. The van der Waals surface area contributed by atoms with Crippen LogP contribution in [0.2, 0.25) is 0 Å². The monoisotopic (exact) mass is 330 g/mol. The van der Waals surface area contributed by atoms with Crippen molar-refractivity contribution in [2.45, 2.75) is 76.3 Å². The molecule has 6 aliphatic rings. The zero-order valence-corrected chi connectivity index (χ0v) is 14.9. The first-order chi connectivity index (χ1) is 11.6. The van der Waals surface area contributed by atoms with Crippen molar-refractivity contribution in [2.75, 3.05) is 13.6 Å². The average Bonchev–Trinajstić information content (AvgIpc) is 3.28. The van der Waals surface area contributed by atoms with E-state index >= 15 is 0 Å². The number of hydrogen-bond acceptors (Lipinski definition) is 2. The van der Waals surface area contributed by atoms with Crippen LogP contribution in [0.15, 0.2) is 0 Å². The maximum absolute atomic E-state index is 13.6. The fraction of sp³-hybridized carbons (Fsp3) is 0.900. The highest BCUT2D eigenvalue weighted by Crippen LogP contribution is 2.60. The van der Waals surface area contributed by atoms with Crippen LogP contribution in [0, 0.1) is 23.2 Å². The predicted octanol–water partition coefficient (Wildman–Crippen LogP) is 2.81. The van der Waals surface area contributed by atoms with Gasteiger partial charge in [-0.1, -0.05) is 0 Å². The van der Waals surface area contributed by atoms with Crippen molar-refractivity contribution in [3.8, 4) is 0 Å². The van der Waals surface area contributed by atoms with Crippen molar-refractivity contribution in [2.24, 2.45) is 23.2 Å². The molecule has 2 amide bonds. The molecule has 24 heavy (non-hydrogen) atoms. The highest BCUT2D eigenvalue weighted by Gasteiger charge is 2.57. The molecule has 1 saturated heterocycles. The lowest BCUT2D eigenvalue weighted by Gasteiger charge is -2.56. The first-order valence-electron chi connectivity index (χ1n) is 10.1. The van der Waals surface area contributed by atoms with Crippen LogP contribution in [0.4, 0.5) is 0 Å². The van der Waals surface area contributed by atoms with Crippen molar-refractivity contribution in [3.63, 3.8) is 0 Å². The van der Waals surface area contributed by atoms with E-state index in [4.69, 9.17) is 0 Å². The Morgan fingerprint density at radius 3 is 2.08 bits per heavy atom. The molecule has 5 saturated carbocycles. The second-order valence-corrected chi connectivity index (χ2v) is 9.53. The van der Waals surface area contributed by atoms with Crippen LogP contribution in [0.1, 0.15) is 64.2 Å². The molecule has 1 unspecified atom stereocenters. The number of hydrogen-bond donors (Lipinski definition) is 0. The normalized spacial score (nSPS) is 43.3. The van der Waals surface area contributed by atoms with E-state index in [-0.39, 0.29) is 17.4 Å². The highest BCUT2D eigenvalue weighted by molar-refractivity contribution is 5.91. The van der Waals surface area contributed by atoms with Crippen molar-refractivity contribution < 1.29 is 9.59 Å². The lowest BCUT2D eigenvalue weighted by molar-refractivity contribution is -0.161. The van der Waals surface area contributed by atoms with Gasteiger partial charge in [0, 0.05) is 19.6 Å². The van der Waals surface area contributed by atoms with Crippen LogP contribution in [0.3, 0.4) is 0 Å². The first kappa shape index (κ1) is 15.2. The zero-order chi connectivity index (χ0) is 16.5. The number of likely N-dealkylation sites (tertiary alicyclic amines) is 1.